The van der Waals surface area contributed by atoms with Gasteiger partial charge in [0.05, 0.1) is 12.1 Å². The molecule has 0 aliphatic heterocycles. The topological polar surface area (TPSA) is 110 Å². The van der Waals surface area contributed by atoms with Crippen molar-refractivity contribution in [1.29, 1.82) is 0 Å². The number of ether oxygens (including phenoxy) is 2. The zero-order valence-electron chi connectivity index (χ0n) is 19.2. The Morgan fingerprint density at radius 3 is 2.15 bits per heavy atom. The van der Waals surface area contributed by atoms with E-state index in [0.717, 1.165) is 29.7 Å². The number of hydrogen-bond acceptors (Lipinski definition) is 6. The van der Waals surface area contributed by atoms with Gasteiger partial charge in [-0.3, -0.25) is 9.59 Å². The highest BCUT2D eigenvalue weighted by Crippen LogP contribution is 2.07. The summed E-state index contributed by atoms with van der Waals surface area (Å²) in [6.07, 6.45) is 1.42. The molecule has 1 heterocycles. The van der Waals surface area contributed by atoms with Gasteiger partial charge < -0.3 is 19.8 Å². The largest absolute Gasteiger partial charge is 0.461 e. The summed E-state index contributed by atoms with van der Waals surface area (Å²) in [5.41, 5.74) is 2.94. The Labute approximate surface area is 198 Å². The van der Waals surface area contributed by atoms with Crippen LogP contribution in [0, 0.1) is 6.92 Å². The first-order valence-electron chi connectivity index (χ1n) is 11.2. The number of H-pyrrole nitrogens is 1. The maximum absolute atomic E-state index is 12.2. The first kappa shape index (κ1) is 24.7. The molecule has 0 saturated carbocycles. The standard InChI is InChI=1S/C26H29N3O5/c1-19-22(14-8-9-15-27-26(32)34-18-21-12-6-3-7-13-21)29-23(25(31)28-19)16-24(30)33-17-20-10-4-2-5-11-20/h2-7,10-13H,8-9,14-18H2,1H3,(H,27,32)(H,28,31). The van der Waals surface area contributed by atoms with Crippen LogP contribution in [0.25, 0.3) is 0 Å². The predicted octanol–water partition coefficient (Wildman–Crippen LogP) is 3.61. The van der Waals surface area contributed by atoms with Gasteiger partial charge in [0.2, 0.25) is 0 Å². The third-order valence-corrected chi connectivity index (χ3v) is 5.14. The molecule has 3 rings (SSSR count). The summed E-state index contributed by atoms with van der Waals surface area (Å²) in [6.45, 7) is 2.62. The smallest absolute Gasteiger partial charge is 0.407 e. The molecule has 1 aromatic heterocycles. The van der Waals surface area contributed by atoms with Crippen molar-refractivity contribution in [1.82, 2.24) is 15.3 Å². The molecular weight excluding hydrogens is 434 g/mol. The van der Waals surface area contributed by atoms with Crippen molar-refractivity contribution in [3.63, 3.8) is 0 Å². The van der Waals surface area contributed by atoms with Crippen molar-refractivity contribution in [3.8, 4) is 0 Å². The van der Waals surface area contributed by atoms with Gasteiger partial charge in [0.25, 0.3) is 5.56 Å². The highest BCUT2D eigenvalue weighted by molar-refractivity contribution is 5.71. The zero-order valence-corrected chi connectivity index (χ0v) is 19.2. The Balaban J connectivity index is 1.40. The summed E-state index contributed by atoms with van der Waals surface area (Å²) in [5, 5.41) is 2.73. The summed E-state index contributed by atoms with van der Waals surface area (Å²) in [6, 6.07) is 18.8. The first-order valence-corrected chi connectivity index (χ1v) is 11.2. The van der Waals surface area contributed by atoms with E-state index in [1.165, 1.54) is 0 Å². The Kier molecular flexibility index (Phi) is 9.40. The van der Waals surface area contributed by atoms with E-state index >= 15 is 0 Å². The van der Waals surface area contributed by atoms with Crippen LogP contribution in [0.4, 0.5) is 4.79 Å². The van der Waals surface area contributed by atoms with Gasteiger partial charge in [-0.1, -0.05) is 60.7 Å². The minimum absolute atomic E-state index is 0.140. The second-order valence-corrected chi connectivity index (χ2v) is 7.85. The van der Waals surface area contributed by atoms with Crippen LogP contribution < -0.4 is 10.9 Å². The van der Waals surface area contributed by atoms with Crippen LogP contribution in [-0.4, -0.2) is 28.6 Å². The lowest BCUT2D eigenvalue weighted by Crippen LogP contribution is -2.25. The summed E-state index contributed by atoms with van der Waals surface area (Å²) in [7, 11) is 0. The molecule has 3 aromatic rings. The van der Waals surface area contributed by atoms with Crippen LogP contribution in [0.1, 0.15) is 41.1 Å². The van der Waals surface area contributed by atoms with E-state index in [0.29, 0.717) is 18.7 Å². The molecule has 0 spiro atoms. The number of nitrogens with one attached hydrogen (secondary N) is 2. The minimum Gasteiger partial charge on any atom is -0.461 e. The molecule has 0 fully saturated rings. The van der Waals surface area contributed by atoms with Crippen LogP contribution >= 0.6 is 0 Å². The van der Waals surface area contributed by atoms with Crippen molar-refractivity contribution in [3.05, 3.63) is 99.2 Å². The number of aromatic nitrogens is 2. The number of carbonyl (C=O) groups is 2. The molecule has 0 saturated heterocycles. The SMILES string of the molecule is Cc1[nH]c(=O)c(CC(=O)OCc2ccccc2)nc1CCCCNC(=O)OCc1ccccc1. The highest BCUT2D eigenvalue weighted by Gasteiger charge is 2.13. The molecule has 0 atom stereocenters. The molecule has 0 aliphatic carbocycles. The highest BCUT2D eigenvalue weighted by atomic mass is 16.5. The van der Waals surface area contributed by atoms with Crippen molar-refractivity contribution in [2.75, 3.05) is 6.54 Å². The van der Waals surface area contributed by atoms with Crippen LogP contribution in [0.15, 0.2) is 65.5 Å². The monoisotopic (exact) mass is 463 g/mol. The fourth-order valence-electron chi connectivity index (χ4n) is 3.28. The molecule has 8 nitrogen and oxygen atoms in total. The molecular formula is C26H29N3O5. The number of carbonyl (C=O) groups excluding carboxylic acids is 2. The van der Waals surface area contributed by atoms with E-state index in [4.69, 9.17) is 9.47 Å². The number of benzene rings is 2. The van der Waals surface area contributed by atoms with E-state index in [2.05, 4.69) is 15.3 Å². The van der Waals surface area contributed by atoms with Crippen LogP contribution in [-0.2, 0) is 40.3 Å². The number of amides is 1. The van der Waals surface area contributed by atoms with Gasteiger partial charge in [-0.25, -0.2) is 9.78 Å². The molecule has 34 heavy (non-hydrogen) atoms. The van der Waals surface area contributed by atoms with Crippen molar-refractivity contribution < 1.29 is 19.1 Å². The Morgan fingerprint density at radius 1 is 0.882 bits per heavy atom. The number of nitrogens with zero attached hydrogens (tertiary/aromatic N) is 1. The van der Waals surface area contributed by atoms with Crippen LogP contribution in [0.5, 0.6) is 0 Å². The maximum atomic E-state index is 12.2. The number of esters is 1. The number of unbranched alkanes of at least 4 members (excludes halogenated alkanes) is 1. The second kappa shape index (κ2) is 12.9. The van der Waals surface area contributed by atoms with Gasteiger partial charge in [0, 0.05) is 12.2 Å². The maximum Gasteiger partial charge on any atom is 0.407 e. The Morgan fingerprint density at radius 2 is 1.50 bits per heavy atom. The quantitative estimate of drug-likeness (QED) is 0.332. The summed E-state index contributed by atoms with van der Waals surface area (Å²) in [5.74, 6) is -0.505. The van der Waals surface area contributed by atoms with E-state index in [1.54, 1.807) is 6.92 Å². The lowest BCUT2D eigenvalue weighted by molar-refractivity contribution is -0.144. The molecule has 0 aliphatic rings. The number of hydrogen-bond donors (Lipinski definition) is 2. The minimum atomic E-state index is -0.505. The lowest BCUT2D eigenvalue weighted by atomic mass is 10.1. The van der Waals surface area contributed by atoms with Gasteiger partial charge in [0.1, 0.15) is 18.9 Å². The lowest BCUT2D eigenvalue weighted by Gasteiger charge is -2.09. The third kappa shape index (κ3) is 8.20. The summed E-state index contributed by atoms with van der Waals surface area (Å²) >= 11 is 0. The number of alkyl carbamates (subject to hydrolysis) is 1. The fourth-order valence-corrected chi connectivity index (χ4v) is 3.28. The molecule has 1 amide bonds. The van der Waals surface area contributed by atoms with Gasteiger partial charge in [0.15, 0.2) is 0 Å². The molecule has 2 N–H and O–H groups in total. The zero-order chi connectivity index (χ0) is 24.2. The van der Waals surface area contributed by atoms with E-state index in [1.807, 2.05) is 60.7 Å². The Hall–Kier alpha value is -3.94. The van der Waals surface area contributed by atoms with Crippen molar-refractivity contribution in [2.45, 2.75) is 45.8 Å². The predicted molar refractivity (Wildman–Crippen MR) is 127 cm³/mol. The summed E-state index contributed by atoms with van der Waals surface area (Å²) in [4.78, 5) is 43.4. The van der Waals surface area contributed by atoms with Crippen LogP contribution in [0.2, 0.25) is 0 Å². The number of aryl methyl sites for hydroxylation is 2. The Bertz CT molecular complexity index is 1130. The molecule has 178 valence electrons. The normalized spacial score (nSPS) is 10.5. The van der Waals surface area contributed by atoms with Gasteiger partial charge >= 0.3 is 12.1 Å². The average molecular weight is 464 g/mol. The number of rotatable bonds is 11. The molecule has 2 aromatic carbocycles. The van der Waals surface area contributed by atoms with Crippen molar-refractivity contribution >= 4 is 12.1 Å². The van der Waals surface area contributed by atoms with E-state index in [9.17, 15) is 14.4 Å². The van der Waals surface area contributed by atoms with E-state index < -0.39 is 12.1 Å². The van der Waals surface area contributed by atoms with Gasteiger partial charge in [-0.2, -0.15) is 0 Å². The molecule has 0 unspecified atom stereocenters. The second-order valence-electron chi connectivity index (χ2n) is 7.85. The molecule has 0 bridgehead atoms. The van der Waals surface area contributed by atoms with Gasteiger partial charge in [-0.05, 0) is 37.3 Å². The van der Waals surface area contributed by atoms with Gasteiger partial charge in [-0.15, -0.1) is 0 Å². The molecule has 0 radical (unpaired) electrons. The van der Waals surface area contributed by atoms with Crippen LogP contribution in [0.3, 0.4) is 0 Å². The molecule has 8 heteroatoms. The number of aromatic amines is 1. The van der Waals surface area contributed by atoms with E-state index in [-0.39, 0.29) is 30.9 Å². The van der Waals surface area contributed by atoms with Crippen molar-refractivity contribution in [2.24, 2.45) is 0 Å². The summed E-state index contributed by atoms with van der Waals surface area (Å²) < 4.78 is 10.4. The first-order chi connectivity index (χ1) is 16.5. The fraction of sp³-hybridized carbons (Fsp3) is 0.308. The average Bonchev–Trinajstić information content (AvgIpc) is 2.85. The third-order valence-electron chi connectivity index (χ3n) is 5.14.